The molecule has 1 N–H and O–H groups in total. The van der Waals surface area contributed by atoms with Gasteiger partial charge in [-0.25, -0.2) is 0 Å². The van der Waals surface area contributed by atoms with E-state index in [1.54, 1.807) is 0 Å². The number of morpholine rings is 1. The van der Waals surface area contributed by atoms with Crippen molar-refractivity contribution in [2.75, 3.05) is 56.2 Å². The lowest BCUT2D eigenvalue weighted by atomic mass is 10.1. The summed E-state index contributed by atoms with van der Waals surface area (Å²) in [5, 5.41) is 3.14. The molecule has 0 aliphatic carbocycles. The summed E-state index contributed by atoms with van der Waals surface area (Å²) in [5.74, 6) is 2.32. The second kappa shape index (κ2) is 10.3. The van der Waals surface area contributed by atoms with E-state index in [1.165, 1.54) is 22.6 Å². The van der Waals surface area contributed by atoms with E-state index < -0.39 is 0 Å². The Morgan fingerprint density at radius 3 is 2.52 bits per heavy atom. The van der Waals surface area contributed by atoms with Crippen LogP contribution in [0.15, 0.2) is 48.5 Å². The van der Waals surface area contributed by atoms with Gasteiger partial charge in [0.25, 0.3) is 5.91 Å². The van der Waals surface area contributed by atoms with Crippen molar-refractivity contribution in [2.45, 2.75) is 13.1 Å². The Morgan fingerprint density at radius 2 is 1.69 bits per heavy atom. The van der Waals surface area contributed by atoms with Crippen LogP contribution in [0.3, 0.4) is 0 Å². The molecule has 29 heavy (non-hydrogen) atoms. The highest BCUT2D eigenvalue weighted by atomic mass is 32.2. The summed E-state index contributed by atoms with van der Waals surface area (Å²) in [6.07, 6.45) is 0. The van der Waals surface area contributed by atoms with Gasteiger partial charge in [-0.05, 0) is 29.3 Å². The molecule has 2 aliphatic rings. The van der Waals surface area contributed by atoms with E-state index in [9.17, 15) is 4.79 Å². The van der Waals surface area contributed by atoms with Gasteiger partial charge in [0.15, 0.2) is 0 Å². The minimum absolute atomic E-state index is 0.0459. The standard InChI is InChI=1S/C23H29N3O2S/c27-23(20-6-3-4-19(16-20)17-25-8-12-28-13-9-25)24-22-7-2-1-5-21(22)18-26-10-14-29-15-11-26/h1-7,16H,8-15,17-18H2,(H,24,27). The average molecular weight is 412 g/mol. The van der Waals surface area contributed by atoms with E-state index in [4.69, 9.17) is 4.74 Å². The smallest absolute Gasteiger partial charge is 0.255 e. The van der Waals surface area contributed by atoms with Gasteiger partial charge in [0, 0.05) is 62.0 Å². The highest BCUT2D eigenvalue weighted by molar-refractivity contribution is 7.99. The maximum Gasteiger partial charge on any atom is 0.255 e. The van der Waals surface area contributed by atoms with Crippen LogP contribution in [0.2, 0.25) is 0 Å². The lowest BCUT2D eigenvalue weighted by molar-refractivity contribution is 0.0342. The highest BCUT2D eigenvalue weighted by Crippen LogP contribution is 2.21. The van der Waals surface area contributed by atoms with Crippen molar-refractivity contribution in [2.24, 2.45) is 0 Å². The molecule has 0 unspecified atom stereocenters. The van der Waals surface area contributed by atoms with Gasteiger partial charge in [0.2, 0.25) is 0 Å². The molecule has 0 bridgehead atoms. The minimum Gasteiger partial charge on any atom is -0.379 e. The van der Waals surface area contributed by atoms with E-state index >= 15 is 0 Å². The number of ether oxygens (including phenoxy) is 1. The predicted molar refractivity (Wildman–Crippen MR) is 120 cm³/mol. The normalized spacial score (nSPS) is 18.5. The molecule has 0 atom stereocenters. The van der Waals surface area contributed by atoms with E-state index in [0.717, 1.165) is 58.2 Å². The number of amides is 1. The fourth-order valence-electron chi connectivity index (χ4n) is 3.80. The summed E-state index contributed by atoms with van der Waals surface area (Å²) < 4.78 is 5.42. The lowest BCUT2D eigenvalue weighted by Gasteiger charge is -2.27. The van der Waals surface area contributed by atoms with Crippen molar-refractivity contribution in [3.8, 4) is 0 Å². The van der Waals surface area contributed by atoms with Crippen LogP contribution in [-0.2, 0) is 17.8 Å². The molecule has 0 spiro atoms. The van der Waals surface area contributed by atoms with Gasteiger partial charge in [-0.15, -0.1) is 0 Å². The molecular formula is C23H29N3O2S. The Morgan fingerprint density at radius 1 is 0.931 bits per heavy atom. The Hall–Kier alpha value is -1.86. The maximum absolute atomic E-state index is 12.9. The molecule has 0 aromatic heterocycles. The third-order valence-electron chi connectivity index (χ3n) is 5.46. The van der Waals surface area contributed by atoms with Gasteiger partial charge in [-0.3, -0.25) is 14.6 Å². The summed E-state index contributed by atoms with van der Waals surface area (Å²) in [6.45, 7) is 7.41. The van der Waals surface area contributed by atoms with Gasteiger partial charge in [-0.1, -0.05) is 30.3 Å². The summed E-state index contributed by atoms with van der Waals surface area (Å²) in [4.78, 5) is 17.8. The zero-order valence-corrected chi connectivity index (χ0v) is 17.6. The Labute approximate surface area is 177 Å². The molecule has 2 aliphatic heterocycles. The highest BCUT2D eigenvalue weighted by Gasteiger charge is 2.15. The summed E-state index contributed by atoms with van der Waals surface area (Å²) in [5.41, 5.74) is 3.96. The number of rotatable bonds is 6. The fourth-order valence-corrected chi connectivity index (χ4v) is 4.78. The maximum atomic E-state index is 12.9. The largest absolute Gasteiger partial charge is 0.379 e. The number of benzene rings is 2. The quantitative estimate of drug-likeness (QED) is 0.790. The molecule has 2 saturated heterocycles. The molecule has 1 amide bonds. The first-order valence-electron chi connectivity index (χ1n) is 10.4. The molecule has 5 nitrogen and oxygen atoms in total. The van der Waals surface area contributed by atoms with Gasteiger partial charge < -0.3 is 10.1 Å². The third-order valence-corrected chi connectivity index (χ3v) is 6.40. The van der Waals surface area contributed by atoms with Crippen molar-refractivity contribution in [1.82, 2.24) is 9.80 Å². The summed E-state index contributed by atoms with van der Waals surface area (Å²) in [6, 6.07) is 16.1. The van der Waals surface area contributed by atoms with Crippen LogP contribution in [0.5, 0.6) is 0 Å². The first kappa shape index (κ1) is 20.4. The van der Waals surface area contributed by atoms with Gasteiger partial charge in [0.1, 0.15) is 0 Å². The number of nitrogens with zero attached hydrogens (tertiary/aromatic N) is 2. The zero-order chi connectivity index (χ0) is 19.9. The first-order valence-corrected chi connectivity index (χ1v) is 11.5. The van der Waals surface area contributed by atoms with Crippen LogP contribution in [-0.4, -0.2) is 66.6 Å². The topological polar surface area (TPSA) is 44.8 Å². The van der Waals surface area contributed by atoms with E-state index in [-0.39, 0.29) is 5.91 Å². The van der Waals surface area contributed by atoms with Crippen molar-refractivity contribution in [3.63, 3.8) is 0 Å². The predicted octanol–water partition coefficient (Wildman–Crippen LogP) is 3.32. The monoisotopic (exact) mass is 411 g/mol. The van der Waals surface area contributed by atoms with Crippen LogP contribution in [0.25, 0.3) is 0 Å². The van der Waals surface area contributed by atoms with Crippen LogP contribution in [0, 0.1) is 0 Å². The SMILES string of the molecule is O=C(Nc1ccccc1CN1CCSCC1)c1cccc(CN2CCOCC2)c1. The lowest BCUT2D eigenvalue weighted by Crippen LogP contribution is -2.35. The number of carbonyl (C=O) groups excluding carboxylic acids is 1. The number of carbonyl (C=O) groups is 1. The summed E-state index contributed by atoms with van der Waals surface area (Å²) in [7, 11) is 0. The Balaban J connectivity index is 1.42. The molecule has 0 saturated carbocycles. The van der Waals surface area contributed by atoms with Crippen molar-refractivity contribution >= 4 is 23.4 Å². The van der Waals surface area contributed by atoms with Gasteiger partial charge in [-0.2, -0.15) is 11.8 Å². The molecular weight excluding hydrogens is 382 g/mol. The third kappa shape index (κ3) is 5.82. The van der Waals surface area contributed by atoms with E-state index in [2.05, 4.69) is 27.2 Å². The average Bonchev–Trinajstić information content (AvgIpc) is 2.77. The van der Waals surface area contributed by atoms with Crippen molar-refractivity contribution in [1.29, 1.82) is 0 Å². The molecule has 2 fully saturated rings. The van der Waals surface area contributed by atoms with Crippen LogP contribution >= 0.6 is 11.8 Å². The number of anilines is 1. The molecule has 6 heteroatoms. The zero-order valence-electron chi connectivity index (χ0n) is 16.8. The number of thioether (sulfide) groups is 1. The first-order chi connectivity index (χ1) is 14.3. The van der Waals surface area contributed by atoms with E-state index in [0.29, 0.717) is 5.56 Å². The Kier molecular flexibility index (Phi) is 7.22. The van der Waals surface area contributed by atoms with Crippen molar-refractivity contribution in [3.05, 3.63) is 65.2 Å². The second-order valence-electron chi connectivity index (χ2n) is 7.59. The Bertz CT molecular complexity index is 817. The number of hydrogen-bond acceptors (Lipinski definition) is 5. The van der Waals surface area contributed by atoms with Crippen LogP contribution in [0.1, 0.15) is 21.5 Å². The van der Waals surface area contributed by atoms with Crippen molar-refractivity contribution < 1.29 is 9.53 Å². The number of para-hydroxylation sites is 1. The second-order valence-corrected chi connectivity index (χ2v) is 8.81. The number of hydrogen-bond donors (Lipinski definition) is 1. The minimum atomic E-state index is -0.0459. The fraction of sp³-hybridized carbons (Fsp3) is 0.435. The van der Waals surface area contributed by atoms with Gasteiger partial charge in [0.05, 0.1) is 13.2 Å². The van der Waals surface area contributed by atoms with E-state index in [1.807, 2.05) is 48.2 Å². The van der Waals surface area contributed by atoms with Crippen LogP contribution < -0.4 is 5.32 Å². The number of nitrogens with one attached hydrogen (secondary N) is 1. The molecule has 154 valence electrons. The molecule has 2 aromatic carbocycles. The van der Waals surface area contributed by atoms with Gasteiger partial charge >= 0.3 is 0 Å². The summed E-state index contributed by atoms with van der Waals surface area (Å²) >= 11 is 2.01. The molecule has 2 heterocycles. The molecule has 4 rings (SSSR count). The molecule has 0 radical (unpaired) electrons. The molecule has 2 aromatic rings. The van der Waals surface area contributed by atoms with Crippen LogP contribution in [0.4, 0.5) is 5.69 Å².